The zero-order valence-electron chi connectivity index (χ0n) is 24.3. The minimum Gasteiger partial charge on any atom is -0.495 e. The smallest absolute Gasteiger partial charge is 0.244 e. The maximum Gasteiger partial charge on any atom is 0.244 e. The molecule has 0 heterocycles. The zero-order chi connectivity index (χ0) is 31.0. The first kappa shape index (κ1) is 32.3. The molecule has 0 aliphatic heterocycles. The first-order valence-corrected chi connectivity index (χ1v) is 16.5. The molecule has 0 bridgehead atoms. The second-order valence-corrected chi connectivity index (χ2v) is 13.1. The van der Waals surface area contributed by atoms with Gasteiger partial charge in [0.15, 0.2) is 0 Å². The molecule has 1 atom stereocenters. The number of carbonyl (C=O) groups is 2. The molecule has 1 aliphatic carbocycles. The molecule has 0 radical (unpaired) electrons. The van der Waals surface area contributed by atoms with Crippen molar-refractivity contribution in [2.24, 2.45) is 0 Å². The third kappa shape index (κ3) is 8.70. The Labute approximate surface area is 257 Å². The molecule has 3 aromatic carbocycles. The number of hydrogen-bond acceptors (Lipinski definition) is 5. The Hall–Kier alpha value is -3.63. The van der Waals surface area contributed by atoms with Crippen LogP contribution in [0.1, 0.15) is 43.2 Å². The summed E-state index contributed by atoms with van der Waals surface area (Å²) >= 11 is 6.20. The Balaban J connectivity index is 1.76. The fourth-order valence-electron chi connectivity index (χ4n) is 5.36. The van der Waals surface area contributed by atoms with E-state index in [1.165, 1.54) is 30.2 Å². The number of sulfonamides is 1. The molecular weight excluding hydrogens is 593 g/mol. The highest BCUT2D eigenvalue weighted by molar-refractivity contribution is 7.92. The van der Waals surface area contributed by atoms with E-state index in [-0.39, 0.29) is 46.9 Å². The van der Waals surface area contributed by atoms with Gasteiger partial charge >= 0.3 is 0 Å². The molecule has 1 aliphatic rings. The van der Waals surface area contributed by atoms with Crippen LogP contribution in [-0.4, -0.2) is 57.1 Å². The molecule has 0 unspecified atom stereocenters. The summed E-state index contributed by atoms with van der Waals surface area (Å²) in [6.07, 6.45) is 5.89. The van der Waals surface area contributed by atoms with E-state index < -0.39 is 34.3 Å². The fraction of sp³-hybridized carbons (Fsp3) is 0.375. The third-order valence-electron chi connectivity index (χ3n) is 7.61. The van der Waals surface area contributed by atoms with Crippen molar-refractivity contribution in [1.82, 2.24) is 10.2 Å². The molecule has 1 saturated carbocycles. The molecule has 230 valence electrons. The van der Waals surface area contributed by atoms with E-state index in [2.05, 4.69) is 5.32 Å². The normalized spacial score (nSPS) is 14.5. The van der Waals surface area contributed by atoms with E-state index in [1.807, 2.05) is 30.3 Å². The highest BCUT2D eigenvalue weighted by atomic mass is 35.5. The van der Waals surface area contributed by atoms with Gasteiger partial charge in [-0.3, -0.25) is 13.9 Å². The van der Waals surface area contributed by atoms with E-state index in [4.69, 9.17) is 16.3 Å². The molecule has 43 heavy (non-hydrogen) atoms. The molecular formula is C32H37ClFN3O5S. The van der Waals surface area contributed by atoms with Gasteiger partial charge in [0.25, 0.3) is 0 Å². The third-order valence-corrected chi connectivity index (χ3v) is 8.97. The van der Waals surface area contributed by atoms with Gasteiger partial charge in [0.05, 0.1) is 19.1 Å². The predicted molar refractivity (Wildman–Crippen MR) is 166 cm³/mol. The number of benzene rings is 3. The van der Waals surface area contributed by atoms with Crippen molar-refractivity contribution in [3.63, 3.8) is 0 Å². The number of carbonyl (C=O) groups excluding carboxylic acids is 2. The number of halogens is 2. The monoisotopic (exact) mass is 629 g/mol. The van der Waals surface area contributed by atoms with Gasteiger partial charge in [-0.1, -0.05) is 79.4 Å². The number of rotatable bonds is 12. The minimum atomic E-state index is -4.03. The maximum atomic E-state index is 15.0. The summed E-state index contributed by atoms with van der Waals surface area (Å²) in [7, 11) is -2.65. The van der Waals surface area contributed by atoms with Gasteiger partial charge in [-0.05, 0) is 42.7 Å². The Morgan fingerprint density at radius 1 is 1.02 bits per heavy atom. The Bertz CT molecular complexity index is 1520. The molecule has 4 rings (SSSR count). The lowest BCUT2D eigenvalue weighted by Crippen LogP contribution is -2.55. The molecule has 1 fully saturated rings. The van der Waals surface area contributed by atoms with Crippen molar-refractivity contribution in [2.75, 3.05) is 24.2 Å². The van der Waals surface area contributed by atoms with Crippen LogP contribution in [0.25, 0.3) is 0 Å². The summed E-state index contributed by atoms with van der Waals surface area (Å²) in [5, 5.41) is 3.36. The Morgan fingerprint density at radius 3 is 2.35 bits per heavy atom. The molecule has 2 amide bonds. The van der Waals surface area contributed by atoms with Gasteiger partial charge in [0.2, 0.25) is 21.8 Å². The number of methoxy groups -OCH3 is 1. The lowest BCUT2D eigenvalue weighted by atomic mass is 9.94. The van der Waals surface area contributed by atoms with E-state index in [9.17, 15) is 22.4 Å². The minimum absolute atomic E-state index is 0.0341. The lowest BCUT2D eigenvalue weighted by molar-refractivity contribution is -0.140. The van der Waals surface area contributed by atoms with Crippen molar-refractivity contribution < 1.29 is 27.1 Å². The zero-order valence-corrected chi connectivity index (χ0v) is 25.9. The van der Waals surface area contributed by atoms with Gasteiger partial charge in [-0.2, -0.15) is 0 Å². The number of hydrogen-bond donors (Lipinski definition) is 1. The van der Waals surface area contributed by atoms with E-state index in [0.717, 1.165) is 48.2 Å². The Kier molecular flexibility index (Phi) is 11.0. The van der Waals surface area contributed by atoms with Crippen molar-refractivity contribution in [3.05, 3.63) is 94.8 Å². The molecule has 0 saturated heterocycles. The number of nitrogens with one attached hydrogen (secondary N) is 1. The largest absolute Gasteiger partial charge is 0.495 e. The van der Waals surface area contributed by atoms with E-state index >= 15 is 0 Å². The quantitative estimate of drug-likeness (QED) is 0.292. The van der Waals surface area contributed by atoms with Crippen molar-refractivity contribution in [2.45, 2.75) is 57.2 Å². The number of nitrogens with zero attached hydrogens (tertiary/aromatic N) is 2. The summed E-state index contributed by atoms with van der Waals surface area (Å²) in [5.41, 5.74) is 1.07. The topological polar surface area (TPSA) is 96.0 Å². The van der Waals surface area contributed by atoms with Crippen LogP contribution in [0.4, 0.5) is 10.1 Å². The maximum absolute atomic E-state index is 15.0. The molecule has 8 nitrogen and oxygen atoms in total. The summed E-state index contributed by atoms with van der Waals surface area (Å²) in [5.74, 6) is -1.40. The summed E-state index contributed by atoms with van der Waals surface area (Å²) in [6, 6.07) is 18.6. The molecule has 1 N–H and O–H groups in total. The van der Waals surface area contributed by atoms with E-state index in [0.29, 0.717) is 0 Å². The fourth-order valence-corrected chi connectivity index (χ4v) is 6.37. The SMILES string of the molecule is COc1ccc(Cl)cc1N(CC(=O)N(Cc1ccccc1F)[C@H](Cc1ccccc1)C(=O)NC1CCCCC1)S(C)(=O)=O. The van der Waals surface area contributed by atoms with Crippen LogP contribution in [0.5, 0.6) is 5.75 Å². The standard InChI is InChI=1S/C32H37ClFN3O5S/c1-42-30-18-17-25(33)20-28(30)37(43(2,40)41)22-31(38)36(21-24-13-9-10-16-27(24)34)29(19-23-11-5-3-6-12-23)32(39)35-26-14-7-4-8-15-26/h3,5-6,9-13,16-18,20,26,29H,4,7-8,14-15,19,21-22H2,1-2H3,(H,35,39)/t29-/m1/s1. The molecule has 3 aromatic rings. The number of amides is 2. The summed E-state index contributed by atoms with van der Waals surface area (Å²) in [6.45, 7) is -0.905. The van der Waals surface area contributed by atoms with Crippen LogP contribution in [-0.2, 0) is 32.6 Å². The summed E-state index contributed by atoms with van der Waals surface area (Å²) < 4.78 is 47.3. The van der Waals surface area contributed by atoms with Crippen LogP contribution >= 0.6 is 11.6 Å². The van der Waals surface area contributed by atoms with Crippen LogP contribution < -0.4 is 14.4 Å². The predicted octanol–water partition coefficient (Wildman–Crippen LogP) is 5.34. The average molecular weight is 630 g/mol. The first-order chi connectivity index (χ1) is 20.6. The Morgan fingerprint density at radius 2 is 1.70 bits per heavy atom. The highest BCUT2D eigenvalue weighted by Crippen LogP contribution is 2.33. The van der Waals surface area contributed by atoms with Crippen molar-refractivity contribution in [3.8, 4) is 5.75 Å². The van der Waals surface area contributed by atoms with Crippen molar-refractivity contribution >= 4 is 39.1 Å². The van der Waals surface area contributed by atoms with E-state index in [1.54, 1.807) is 24.3 Å². The molecule has 0 spiro atoms. The lowest BCUT2D eigenvalue weighted by Gasteiger charge is -2.35. The van der Waals surface area contributed by atoms with Crippen LogP contribution in [0, 0.1) is 5.82 Å². The van der Waals surface area contributed by atoms with Gasteiger partial charge in [0.1, 0.15) is 24.2 Å². The second-order valence-electron chi connectivity index (χ2n) is 10.7. The highest BCUT2D eigenvalue weighted by Gasteiger charge is 2.35. The summed E-state index contributed by atoms with van der Waals surface area (Å²) in [4.78, 5) is 29.5. The van der Waals surface area contributed by atoms with Gasteiger partial charge in [0, 0.05) is 29.6 Å². The molecule has 0 aromatic heterocycles. The van der Waals surface area contributed by atoms with Gasteiger partial charge < -0.3 is 15.0 Å². The van der Waals surface area contributed by atoms with Crippen LogP contribution in [0.15, 0.2) is 72.8 Å². The average Bonchev–Trinajstić information content (AvgIpc) is 2.99. The van der Waals surface area contributed by atoms with Gasteiger partial charge in [-0.15, -0.1) is 0 Å². The first-order valence-electron chi connectivity index (χ1n) is 14.2. The van der Waals surface area contributed by atoms with Crippen molar-refractivity contribution in [1.29, 1.82) is 0 Å². The van der Waals surface area contributed by atoms with Crippen LogP contribution in [0.3, 0.4) is 0 Å². The van der Waals surface area contributed by atoms with Crippen LogP contribution in [0.2, 0.25) is 5.02 Å². The second kappa shape index (κ2) is 14.7. The van der Waals surface area contributed by atoms with Gasteiger partial charge in [-0.25, -0.2) is 12.8 Å². The number of anilines is 1. The molecule has 11 heteroatoms. The number of ether oxygens (including phenoxy) is 1.